The smallest absolute Gasteiger partial charge is 0.416 e. The van der Waals surface area contributed by atoms with Crippen molar-refractivity contribution in [3.63, 3.8) is 0 Å². The molecular formula is C18H16F3NO3. The topological polar surface area (TPSA) is 50.9 Å². The summed E-state index contributed by atoms with van der Waals surface area (Å²) >= 11 is 0. The highest BCUT2D eigenvalue weighted by Gasteiger charge is 2.30. The van der Waals surface area contributed by atoms with E-state index in [0.29, 0.717) is 30.1 Å². The summed E-state index contributed by atoms with van der Waals surface area (Å²) in [5.41, 5.74) is 0.227. The van der Waals surface area contributed by atoms with E-state index in [0.717, 1.165) is 12.1 Å². The van der Waals surface area contributed by atoms with Crippen LogP contribution in [0.25, 0.3) is 0 Å². The predicted octanol–water partition coefficient (Wildman–Crippen LogP) is 3.41. The number of nitrogens with one attached hydrogen (secondary N) is 1. The molecule has 1 atom stereocenters. The van der Waals surface area contributed by atoms with Crippen molar-refractivity contribution in [2.45, 2.75) is 18.8 Å². The number of benzene rings is 2. The molecule has 2 aromatic carbocycles. The molecule has 3 rings (SSSR count). The largest absolute Gasteiger partial charge is 0.490 e. The van der Waals surface area contributed by atoms with Gasteiger partial charge in [-0.25, -0.2) is 0 Å². The van der Waals surface area contributed by atoms with Crippen molar-refractivity contribution < 1.29 is 27.4 Å². The van der Waals surface area contributed by atoms with Gasteiger partial charge in [-0.2, -0.15) is 13.2 Å². The van der Waals surface area contributed by atoms with Crippen LogP contribution in [-0.4, -0.2) is 25.2 Å². The maximum Gasteiger partial charge on any atom is 0.416 e. The van der Waals surface area contributed by atoms with Crippen LogP contribution >= 0.6 is 0 Å². The fourth-order valence-electron chi connectivity index (χ4n) is 2.22. The standard InChI is InChI=1S/C18H16F3NO3/c19-18(20,21)13-7-5-12(6-8-13)9-22-17(23)15-3-1-2-4-16(15)25-11-14-10-24-14/h1-8,14H,9-11H2,(H,22,23). The van der Waals surface area contributed by atoms with Gasteiger partial charge in [0, 0.05) is 6.54 Å². The summed E-state index contributed by atoms with van der Waals surface area (Å²) in [6.07, 6.45) is -4.30. The van der Waals surface area contributed by atoms with E-state index in [1.54, 1.807) is 24.3 Å². The van der Waals surface area contributed by atoms with E-state index in [9.17, 15) is 18.0 Å². The maximum atomic E-state index is 12.5. The van der Waals surface area contributed by atoms with Crippen LogP contribution in [0.5, 0.6) is 5.75 Å². The first-order chi connectivity index (χ1) is 11.9. The number of carbonyl (C=O) groups excluding carboxylic acids is 1. The van der Waals surface area contributed by atoms with Crippen molar-refractivity contribution >= 4 is 5.91 Å². The fraction of sp³-hybridized carbons (Fsp3) is 0.278. The van der Waals surface area contributed by atoms with Crippen LogP contribution in [-0.2, 0) is 17.5 Å². The Morgan fingerprint density at radius 2 is 1.84 bits per heavy atom. The Bertz CT molecular complexity index is 740. The minimum Gasteiger partial charge on any atom is -0.490 e. The first-order valence-corrected chi connectivity index (χ1v) is 7.71. The first-order valence-electron chi connectivity index (χ1n) is 7.71. The third kappa shape index (κ3) is 4.73. The highest BCUT2D eigenvalue weighted by Crippen LogP contribution is 2.29. The van der Waals surface area contributed by atoms with E-state index in [1.807, 2.05) is 0 Å². The van der Waals surface area contributed by atoms with Crippen molar-refractivity contribution in [3.8, 4) is 5.75 Å². The Morgan fingerprint density at radius 3 is 2.48 bits per heavy atom. The van der Waals surface area contributed by atoms with Crippen LogP contribution in [0.4, 0.5) is 13.2 Å². The number of hydrogen-bond acceptors (Lipinski definition) is 3. The zero-order chi connectivity index (χ0) is 17.9. The van der Waals surface area contributed by atoms with Gasteiger partial charge in [-0.3, -0.25) is 4.79 Å². The molecule has 2 aromatic rings. The molecule has 0 saturated carbocycles. The number of para-hydroxylation sites is 1. The summed E-state index contributed by atoms with van der Waals surface area (Å²) in [5.74, 6) is 0.0927. The predicted molar refractivity (Wildman–Crippen MR) is 84.3 cm³/mol. The average molecular weight is 351 g/mol. The Labute approximate surface area is 142 Å². The maximum absolute atomic E-state index is 12.5. The van der Waals surface area contributed by atoms with Gasteiger partial charge in [0.05, 0.1) is 17.7 Å². The average Bonchev–Trinajstić information content (AvgIpc) is 3.42. The molecule has 0 radical (unpaired) electrons. The summed E-state index contributed by atoms with van der Waals surface area (Å²) in [4.78, 5) is 12.3. The molecule has 1 heterocycles. The van der Waals surface area contributed by atoms with Gasteiger partial charge in [0.1, 0.15) is 18.5 Å². The van der Waals surface area contributed by atoms with E-state index in [4.69, 9.17) is 9.47 Å². The number of amides is 1. The Kier molecular flexibility index (Phi) is 4.94. The van der Waals surface area contributed by atoms with E-state index in [-0.39, 0.29) is 18.6 Å². The number of epoxide rings is 1. The van der Waals surface area contributed by atoms with Gasteiger partial charge in [-0.15, -0.1) is 0 Å². The summed E-state index contributed by atoms with van der Waals surface area (Å²) < 4.78 is 48.3. The molecule has 0 aliphatic carbocycles. The van der Waals surface area contributed by atoms with Crippen molar-refractivity contribution in [3.05, 3.63) is 65.2 Å². The van der Waals surface area contributed by atoms with Crippen LogP contribution < -0.4 is 10.1 Å². The van der Waals surface area contributed by atoms with E-state index in [1.165, 1.54) is 12.1 Å². The van der Waals surface area contributed by atoms with Gasteiger partial charge in [-0.05, 0) is 29.8 Å². The molecule has 0 bridgehead atoms. The minimum atomic E-state index is -4.37. The molecular weight excluding hydrogens is 335 g/mol. The van der Waals surface area contributed by atoms with Crippen LogP contribution in [0.3, 0.4) is 0 Å². The Balaban J connectivity index is 1.60. The second kappa shape index (κ2) is 7.14. The van der Waals surface area contributed by atoms with Crippen LogP contribution in [0.1, 0.15) is 21.5 Å². The molecule has 0 spiro atoms. The number of ether oxygens (including phenoxy) is 2. The number of alkyl halides is 3. The zero-order valence-electron chi connectivity index (χ0n) is 13.2. The Hall–Kier alpha value is -2.54. The van der Waals surface area contributed by atoms with Crippen molar-refractivity contribution in [1.82, 2.24) is 5.32 Å². The SMILES string of the molecule is O=C(NCc1ccc(C(F)(F)F)cc1)c1ccccc1OCC1CO1. The summed E-state index contributed by atoms with van der Waals surface area (Å²) in [6, 6.07) is 11.5. The van der Waals surface area contributed by atoms with Crippen molar-refractivity contribution in [1.29, 1.82) is 0 Å². The van der Waals surface area contributed by atoms with Gasteiger partial charge in [0.2, 0.25) is 0 Å². The molecule has 1 fully saturated rings. The molecule has 4 nitrogen and oxygen atoms in total. The molecule has 1 N–H and O–H groups in total. The molecule has 1 aliphatic heterocycles. The van der Waals surface area contributed by atoms with Gasteiger partial charge < -0.3 is 14.8 Å². The normalized spacial score (nSPS) is 16.4. The molecule has 25 heavy (non-hydrogen) atoms. The molecule has 1 amide bonds. The third-order valence-corrected chi connectivity index (χ3v) is 3.69. The lowest BCUT2D eigenvalue weighted by Crippen LogP contribution is -2.23. The van der Waals surface area contributed by atoms with E-state index < -0.39 is 11.7 Å². The number of carbonyl (C=O) groups is 1. The molecule has 7 heteroatoms. The highest BCUT2D eigenvalue weighted by atomic mass is 19.4. The van der Waals surface area contributed by atoms with Gasteiger partial charge in [0.25, 0.3) is 5.91 Å². The zero-order valence-corrected chi connectivity index (χ0v) is 13.2. The summed E-state index contributed by atoms with van der Waals surface area (Å²) in [7, 11) is 0. The van der Waals surface area contributed by atoms with Crippen LogP contribution in [0, 0.1) is 0 Å². The number of hydrogen-bond donors (Lipinski definition) is 1. The quantitative estimate of drug-likeness (QED) is 0.812. The van der Waals surface area contributed by atoms with Crippen molar-refractivity contribution in [2.24, 2.45) is 0 Å². The van der Waals surface area contributed by atoms with Crippen LogP contribution in [0.15, 0.2) is 48.5 Å². The molecule has 1 unspecified atom stereocenters. The van der Waals surface area contributed by atoms with Gasteiger partial charge in [0.15, 0.2) is 0 Å². The second-order valence-corrected chi connectivity index (χ2v) is 5.64. The lowest BCUT2D eigenvalue weighted by Gasteiger charge is -2.11. The van der Waals surface area contributed by atoms with Gasteiger partial charge >= 0.3 is 6.18 Å². The van der Waals surface area contributed by atoms with Gasteiger partial charge in [-0.1, -0.05) is 24.3 Å². The molecule has 0 aromatic heterocycles. The Morgan fingerprint density at radius 1 is 1.16 bits per heavy atom. The highest BCUT2D eigenvalue weighted by molar-refractivity contribution is 5.96. The first kappa shape index (κ1) is 17.3. The lowest BCUT2D eigenvalue weighted by molar-refractivity contribution is -0.137. The number of halogens is 3. The third-order valence-electron chi connectivity index (χ3n) is 3.69. The van der Waals surface area contributed by atoms with E-state index >= 15 is 0 Å². The summed E-state index contributed by atoms with van der Waals surface area (Å²) in [6.45, 7) is 1.16. The lowest BCUT2D eigenvalue weighted by atomic mass is 10.1. The molecule has 1 saturated heterocycles. The minimum absolute atomic E-state index is 0.0725. The van der Waals surface area contributed by atoms with Crippen molar-refractivity contribution in [2.75, 3.05) is 13.2 Å². The fourth-order valence-corrected chi connectivity index (χ4v) is 2.22. The number of rotatable bonds is 6. The molecule has 132 valence electrons. The monoisotopic (exact) mass is 351 g/mol. The van der Waals surface area contributed by atoms with E-state index in [2.05, 4.69) is 5.32 Å². The van der Waals surface area contributed by atoms with Crippen LogP contribution in [0.2, 0.25) is 0 Å². The molecule has 1 aliphatic rings. The summed E-state index contributed by atoms with van der Waals surface area (Å²) in [5, 5.41) is 2.69. The second-order valence-electron chi connectivity index (χ2n) is 5.64.